The molecule has 0 aliphatic rings. The summed E-state index contributed by atoms with van der Waals surface area (Å²) in [6.07, 6.45) is 2.13. The Labute approximate surface area is 113 Å². The Morgan fingerprint density at radius 2 is 1.89 bits per heavy atom. The molecule has 0 aliphatic heterocycles. The maximum Gasteiger partial charge on any atom is 0.131 e. The van der Waals surface area contributed by atoms with E-state index in [4.69, 9.17) is 11.6 Å². The van der Waals surface area contributed by atoms with Crippen molar-refractivity contribution in [2.75, 3.05) is 5.32 Å². The van der Waals surface area contributed by atoms with Gasteiger partial charge in [-0.3, -0.25) is 0 Å². The molecule has 18 heavy (non-hydrogen) atoms. The summed E-state index contributed by atoms with van der Waals surface area (Å²) in [6.45, 7) is 2.16. The minimum Gasteiger partial charge on any atom is -0.368 e. The largest absolute Gasteiger partial charge is 0.368 e. The summed E-state index contributed by atoms with van der Waals surface area (Å²) in [5.41, 5.74) is 1.37. The maximum atomic E-state index is 5.85. The second-order valence-corrected chi connectivity index (χ2v) is 4.80. The molecule has 1 aromatic heterocycles. The summed E-state index contributed by atoms with van der Waals surface area (Å²) in [5.74, 6) is 0.836. The number of nitrogens with one attached hydrogen (secondary N) is 1. The third kappa shape index (κ3) is 4.04. The van der Waals surface area contributed by atoms with Crippen LogP contribution in [0.5, 0.6) is 0 Å². The lowest BCUT2D eigenvalue weighted by Gasteiger charge is -2.14. The Hall–Kier alpha value is -1.54. The van der Waals surface area contributed by atoms with E-state index in [-0.39, 0.29) is 0 Å². The summed E-state index contributed by atoms with van der Waals surface area (Å²) in [7, 11) is 0. The lowest BCUT2D eigenvalue weighted by molar-refractivity contribution is 0.703. The molecule has 1 N–H and O–H groups in total. The van der Waals surface area contributed by atoms with Gasteiger partial charge < -0.3 is 5.32 Å². The number of nitrogens with zero attached hydrogens (tertiary/aromatic N) is 1. The minimum atomic E-state index is 0.371. The average molecular weight is 261 g/mol. The van der Waals surface area contributed by atoms with Crippen LogP contribution in [0.25, 0.3) is 0 Å². The lowest BCUT2D eigenvalue weighted by Crippen LogP contribution is -2.16. The first kappa shape index (κ1) is 12.9. The zero-order chi connectivity index (χ0) is 12.8. The zero-order valence-corrected chi connectivity index (χ0v) is 11.2. The fourth-order valence-electron chi connectivity index (χ4n) is 1.84. The fraction of sp³-hybridized carbons (Fsp3) is 0.267. The number of rotatable bonds is 5. The number of hydrogen-bond acceptors (Lipinski definition) is 2. The highest BCUT2D eigenvalue weighted by molar-refractivity contribution is 6.29. The fourth-order valence-corrected chi connectivity index (χ4v) is 2.00. The predicted molar refractivity (Wildman–Crippen MR) is 77.1 cm³/mol. The van der Waals surface area contributed by atoms with Gasteiger partial charge in [-0.25, -0.2) is 4.98 Å². The molecule has 1 aromatic carbocycles. The van der Waals surface area contributed by atoms with Crippen LogP contribution in [-0.4, -0.2) is 11.0 Å². The van der Waals surface area contributed by atoms with Crippen LogP contribution in [0.3, 0.4) is 0 Å². The second kappa shape index (κ2) is 6.41. The Bertz CT molecular complexity index is 485. The van der Waals surface area contributed by atoms with Crippen molar-refractivity contribution in [1.29, 1.82) is 0 Å². The molecular weight excluding hydrogens is 244 g/mol. The summed E-state index contributed by atoms with van der Waals surface area (Å²) >= 11 is 5.85. The summed E-state index contributed by atoms with van der Waals surface area (Å²) in [6, 6.07) is 16.5. The molecule has 0 fully saturated rings. The van der Waals surface area contributed by atoms with Crippen molar-refractivity contribution in [1.82, 2.24) is 4.98 Å². The molecule has 1 atom stereocenters. The van der Waals surface area contributed by atoms with E-state index < -0.39 is 0 Å². The summed E-state index contributed by atoms with van der Waals surface area (Å²) in [4.78, 5) is 4.22. The van der Waals surface area contributed by atoms with Crippen LogP contribution in [0.15, 0.2) is 48.5 Å². The van der Waals surface area contributed by atoms with Crippen LogP contribution in [0.2, 0.25) is 5.15 Å². The van der Waals surface area contributed by atoms with Crippen molar-refractivity contribution in [3.8, 4) is 0 Å². The van der Waals surface area contributed by atoms with E-state index in [9.17, 15) is 0 Å². The Morgan fingerprint density at radius 3 is 2.61 bits per heavy atom. The molecule has 0 amide bonds. The van der Waals surface area contributed by atoms with E-state index >= 15 is 0 Å². The molecule has 0 saturated heterocycles. The van der Waals surface area contributed by atoms with Crippen molar-refractivity contribution in [2.24, 2.45) is 0 Å². The Balaban J connectivity index is 1.84. The maximum absolute atomic E-state index is 5.85. The number of aryl methyl sites for hydroxylation is 1. The van der Waals surface area contributed by atoms with Gasteiger partial charge in [-0.1, -0.05) is 48.0 Å². The van der Waals surface area contributed by atoms with Gasteiger partial charge in [0.2, 0.25) is 0 Å². The molecule has 94 valence electrons. The number of hydrogen-bond donors (Lipinski definition) is 1. The van der Waals surface area contributed by atoms with Crippen LogP contribution in [0.1, 0.15) is 18.9 Å². The zero-order valence-electron chi connectivity index (χ0n) is 10.4. The van der Waals surface area contributed by atoms with Gasteiger partial charge in [0.15, 0.2) is 0 Å². The van der Waals surface area contributed by atoms with Crippen molar-refractivity contribution in [3.63, 3.8) is 0 Å². The first-order valence-corrected chi connectivity index (χ1v) is 6.55. The monoisotopic (exact) mass is 260 g/mol. The highest BCUT2D eigenvalue weighted by atomic mass is 35.5. The Kier molecular flexibility index (Phi) is 4.59. The summed E-state index contributed by atoms with van der Waals surface area (Å²) in [5, 5.41) is 3.88. The minimum absolute atomic E-state index is 0.371. The van der Waals surface area contributed by atoms with Crippen LogP contribution >= 0.6 is 11.6 Å². The molecule has 1 unspecified atom stereocenters. The van der Waals surface area contributed by atoms with Gasteiger partial charge in [0, 0.05) is 6.04 Å². The molecule has 2 nitrogen and oxygen atoms in total. The van der Waals surface area contributed by atoms with E-state index in [1.165, 1.54) is 5.56 Å². The molecule has 3 heteroatoms. The lowest BCUT2D eigenvalue weighted by atomic mass is 10.1. The number of benzene rings is 1. The molecule has 0 spiro atoms. The molecule has 0 radical (unpaired) electrons. The number of halogens is 1. The quantitative estimate of drug-likeness (QED) is 0.817. The van der Waals surface area contributed by atoms with Gasteiger partial charge in [0.1, 0.15) is 11.0 Å². The van der Waals surface area contributed by atoms with Gasteiger partial charge in [0.25, 0.3) is 0 Å². The van der Waals surface area contributed by atoms with Crippen LogP contribution < -0.4 is 5.32 Å². The first-order chi connectivity index (χ1) is 8.74. The normalized spacial score (nSPS) is 12.1. The molecule has 0 aliphatic carbocycles. The number of anilines is 1. The van der Waals surface area contributed by atoms with E-state index in [0.717, 1.165) is 18.7 Å². The van der Waals surface area contributed by atoms with Gasteiger partial charge in [-0.15, -0.1) is 0 Å². The molecular formula is C15H17ClN2. The highest BCUT2D eigenvalue weighted by Gasteiger charge is 2.03. The van der Waals surface area contributed by atoms with Crippen LogP contribution in [0, 0.1) is 0 Å². The van der Waals surface area contributed by atoms with E-state index in [1.807, 2.05) is 18.2 Å². The number of aromatic nitrogens is 1. The third-order valence-electron chi connectivity index (χ3n) is 2.82. The molecule has 2 aromatic rings. The topological polar surface area (TPSA) is 24.9 Å². The smallest absolute Gasteiger partial charge is 0.131 e. The first-order valence-electron chi connectivity index (χ1n) is 6.17. The van der Waals surface area contributed by atoms with Crippen molar-refractivity contribution in [2.45, 2.75) is 25.8 Å². The van der Waals surface area contributed by atoms with Crippen molar-refractivity contribution >= 4 is 17.4 Å². The molecule has 0 bridgehead atoms. The van der Waals surface area contributed by atoms with Crippen LogP contribution in [-0.2, 0) is 6.42 Å². The Morgan fingerprint density at radius 1 is 1.11 bits per heavy atom. The van der Waals surface area contributed by atoms with Crippen molar-refractivity contribution in [3.05, 3.63) is 59.2 Å². The predicted octanol–water partition coefficient (Wildman–Crippen LogP) is 4.17. The SMILES string of the molecule is CC(CCc1ccccc1)Nc1cccc(Cl)n1. The van der Waals surface area contributed by atoms with Gasteiger partial charge in [-0.05, 0) is 37.5 Å². The third-order valence-corrected chi connectivity index (χ3v) is 3.03. The van der Waals surface area contributed by atoms with E-state index in [0.29, 0.717) is 11.2 Å². The second-order valence-electron chi connectivity index (χ2n) is 4.42. The van der Waals surface area contributed by atoms with E-state index in [1.54, 1.807) is 6.07 Å². The molecule has 2 rings (SSSR count). The number of pyridine rings is 1. The molecule has 1 heterocycles. The van der Waals surface area contributed by atoms with E-state index in [2.05, 4.69) is 41.5 Å². The molecule has 0 saturated carbocycles. The van der Waals surface area contributed by atoms with Gasteiger partial charge >= 0.3 is 0 Å². The highest BCUT2D eigenvalue weighted by Crippen LogP contribution is 2.12. The summed E-state index contributed by atoms with van der Waals surface area (Å²) < 4.78 is 0. The van der Waals surface area contributed by atoms with Crippen molar-refractivity contribution < 1.29 is 0 Å². The van der Waals surface area contributed by atoms with Crippen LogP contribution in [0.4, 0.5) is 5.82 Å². The average Bonchev–Trinajstić information content (AvgIpc) is 2.38. The van der Waals surface area contributed by atoms with Gasteiger partial charge in [-0.2, -0.15) is 0 Å². The standard InChI is InChI=1S/C15H17ClN2/c1-12(10-11-13-6-3-2-4-7-13)17-15-9-5-8-14(16)18-15/h2-9,12H,10-11H2,1H3,(H,17,18). The van der Waals surface area contributed by atoms with Gasteiger partial charge in [0.05, 0.1) is 0 Å².